The molecule has 1 heterocycles. The Hall–Kier alpha value is -0.160. The van der Waals surface area contributed by atoms with E-state index < -0.39 is 0 Å². The lowest BCUT2D eigenvalue weighted by Crippen LogP contribution is -2.46. The highest BCUT2D eigenvalue weighted by Gasteiger charge is 2.23. The molecule has 1 atom stereocenters. The number of ether oxygens (including phenoxy) is 3. The zero-order valence-electron chi connectivity index (χ0n) is 7.00. The molecule has 1 fully saturated rings. The highest BCUT2D eigenvalue weighted by molar-refractivity contribution is 4.69. The van der Waals surface area contributed by atoms with E-state index in [0.29, 0.717) is 0 Å². The first kappa shape index (κ1) is 8.93. The maximum Gasteiger partial charge on any atom is 0.184 e. The molecule has 11 heavy (non-hydrogen) atoms. The molecule has 66 valence electrons. The molecule has 0 amide bonds. The predicted molar refractivity (Wildman–Crippen MR) is 40.4 cm³/mol. The van der Waals surface area contributed by atoms with Gasteiger partial charge < -0.3 is 19.5 Å². The van der Waals surface area contributed by atoms with Gasteiger partial charge in [0.25, 0.3) is 0 Å². The summed E-state index contributed by atoms with van der Waals surface area (Å²) in [5, 5.41) is 3.20. The number of morpholine rings is 1. The van der Waals surface area contributed by atoms with Gasteiger partial charge >= 0.3 is 0 Å². The van der Waals surface area contributed by atoms with Crippen molar-refractivity contribution < 1.29 is 14.2 Å². The van der Waals surface area contributed by atoms with Gasteiger partial charge in [0.15, 0.2) is 6.29 Å². The van der Waals surface area contributed by atoms with E-state index in [-0.39, 0.29) is 12.4 Å². The van der Waals surface area contributed by atoms with Crippen molar-refractivity contribution >= 4 is 0 Å². The van der Waals surface area contributed by atoms with Crippen LogP contribution in [0.1, 0.15) is 0 Å². The zero-order valence-corrected chi connectivity index (χ0v) is 7.00. The van der Waals surface area contributed by atoms with Crippen molar-refractivity contribution in [3.05, 3.63) is 0 Å². The molecule has 1 unspecified atom stereocenters. The van der Waals surface area contributed by atoms with Crippen molar-refractivity contribution in [1.82, 2.24) is 5.32 Å². The van der Waals surface area contributed by atoms with E-state index in [1.54, 1.807) is 14.2 Å². The van der Waals surface area contributed by atoms with Crippen LogP contribution < -0.4 is 5.32 Å². The molecule has 1 N–H and O–H groups in total. The topological polar surface area (TPSA) is 39.7 Å². The van der Waals surface area contributed by atoms with Gasteiger partial charge in [0.2, 0.25) is 0 Å². The Morgan fingerprint density at radius 1 is 1.45 bits per heavy atom. The third kappa shape index (κ3) is 2.41. The summed E-state index contributed by atoms with van der Waals surface area (Å²) in [6, 6.07) is 0. The van der Waals surface area contributed by atoms with Crippen LogP contribution in [0.5, 0.6) is 0 Å². The summed E-state index contributed by atoms with van der Waals surface area (Å²) in [6.07, 6.45) is -0.221. The first-order valence-corrected chi connectivity index (χ1v) is 3.76. The van der Waals surface area contributed by atoms with Gasteiger partial charge in [0, 0.05) is 27.3 Å². The molecular weight excluding hydrogens is 146 g/mol. The molecule has 0 aromatic carbocycles. The summed E-state index contributed by atoms with van der Waals surface area (Å²) in [4.78, 5) is 0. The molecule has 4 heteroatoms. The number of hydrogen-bond acceptors (Lipinski definition) is 4. The average molecular weight is 161 g/mol. The Balaban J connectivity index is 2.30. The molecule has 0 aliphatic carbocycles. The van der Waals surface area contributed by atoms with E-state index in [4.69, 9.17) is 14.2 Å². The highest BCUT2D eigenvalue weighted by atomic mass is 16.7. The number of nitrogens with one attached hydrogen (secondary N) is 1. The Morgan fingerprint density at radius 3 is 2.64 bits per heavy atom. The van der Waals surface area contributed by atoms with Crippen LogP contribution in [-0.4, -0.2) is 46.3 Å². The van der Waals surface area contributed by atoms with Gasteiger partial charge in [0.05, 0.1) is 6.61 Å². The average Bonchev–Trinajstić information content (AvgIpc) is 2.09. The van der Waals surface area contributed by atoms with Gasteiger partial charge in [-0.2, -0.15) is 0 Å². The van der Waals surface area contributed by atoms with E-state index in [9.17, 15) is 0 Å². The number of rotatable bonds is 3. The SMILES string of the molecule is COC(OC)C1CNCCO1. The van der Waals surface area contributed by atoms with Gasteiger partial charge in [-0.3, -0.25) is 0 Å². The molecule has 0 saturated carbocycles. The third-order valence-electron chi connectivity index (χ3n) is 1.72. The second kappa shape index (κ2) is 4.66. The lowest BCUT2D eigenvalue weighted by molar-refractivity contribution is -0.185. The Labute approximate surface area is 66.8 Å². The third-order valence-corrected chi connectivity index (χ3v) is 1.72. The lowest BCUT2D eigenvalue weighted by atomic mass is 10.3. The van der Waals surface area contributed by atoms with Crippen molar-refractivity contribution in [3.8, 4) is 0 Å². The van der Waals surface area contributed by atoms with E-state index in [1.807, 2.05) is 0 Å². The second-order valence-electron chi connectivity index (χ2n) is 2.45. The maximum absolute atomic E-state index is 5.41. The summed E-state index contributed by atoms with van der Waals surface area (Å²) in [5.74, 6) is 0. The summed E-state index contributed by atoms with van der Waals surface area (Å²) < 4.78 is 15.5. The first-order valence-electron chi connectivity index (χ1n) is 3.76. The summed E-state index contributed by atoms with van der Waals surface area (Å²) >= 11 is 0. The van der Waals surface area contributed by atoms with E-state index in [2.05, 4.69) is 5.32 Å². The fourth-order valence-electron chi connectivity index (χ4n) is 1.16. The minimum absolute atomic E-state index is 0.0266. The number of methoxy groups -OCH3 is 2. The largest absolute Gasteiger partial charge is 0.370 e. The minimum atomic E-state index is -0.247. The van der Waals surface area contributed by atoms with Crippen molar-refractivity contribution in [2.75, 3.05) is 33.9 Å². The fourth-order valence-corrected chi connectivity index (χ4v) is 1.16. The molecule has 4 nitrogen and oxygen atoms in total. The van der Waals surface area contributed by atoms with Crippen molar-refractivity contribution in [2.24, 2.45) is 0 Å². The standard InChI is InChI=1S/C7H15NO3/c1-9-7(10-2)6-5-8-3-4-11-6/h6-8H,3-5H2,1-2H3. The van der Waals surface area contributed by atoms with Crippen LogP contribution >= 0.6 is 0 Å². The van der Waals surface area contributed by atoms with E-state index in [1.165, 1.54) is 0 Å². The highest BCUT2D eigenvalue weighted by Crippen LogP contribution is 2.05. The summed E-state index contributed by atoms with van der Waals surface area (Å²) in [5.41, 5.74) is 0. The first-order chi connectivity index (χ1) is 5.38. The molecule has 0 bridgehead atoms. The second-order valence-corrected chi connectivity index (χ2v) is 2.45. The summed E-state index contributed by atoms with van der Waals surface area (Å²) in [7, 11) is 3.23. The van der Waals surface area contributed by atoms with Gasteiger partial charge in [-0.15, -0.1) is 0 Å². The van der Waals surface area contributed by atoms with Gasteiger partial charge in [-0.1, -0.05) is 0 Å². The van der Waals surface area contributed by atoms with Gasteiger partial charge in [0.1, 0.15) is 6.10 Å². The zero-order chi connectivity index (χ0) is 8.10. The molecule has 1 saturated heterocycles. The van der Waals surface area contributed by atoms with Crippen LogP contribution in [0.3, 0.4) is 0 Å². The van der Waals surface area contributed by atoms with Crippen LogP contribution in [0, 0.1) is 0 Å². The molecule has 0 radical (unpaired) electrons. The van der Waals surface area contributed by atoms with Crippen LogP contribution in [0.4, 0.5) is 0 Å². The van der Waals surface area contributed by atoms with Crippen molar-refractivity contribution in [2.45, 2.75) is 12.4 Å². The monoisotopic (exact) mass is 161 g/mol. The van der Waals surface area contributed by atoms with Crippen molar-refractivity contribution in [1.29, 1.82) is 0 Å². The van der Waals surface area contributed by atoms with E-state index in [0.717, 1.165) is 19.7 Å². The summed E-state index contributed by atoms with van der Waals surface area (Å²) in [6.45, 7) is 2.44. The Bertz CT molecular complexity index is 99.9. The molecule has 0 spiro atoms. The van der Waals surface area contributed by atoms with Gasteiger partial charge in [-0.25, -0.2) is 0 Å². The minimum Gasteiger partial charge on any atom is -0.370 e. The smallest absolute Gasteiger partial charge is 0.184 e. The Kier molecular flexibility index (Phi) is 3.79. The van der Waals surface area contributed by atoms with Crippen LogP contribution in [0.25, 0.3) is 0 Å². The molecule has 0 aromatic rings. The predicted octanol–water partition coefficient (Wildman–Crippen LogP) is -0.406. The van der Waals surface area contributed by atoms with Crippen LogP contribution in [0.2, 0.25) is 0 Å². The molecule has 1 aliphatic heterocycles. The lowest BCUT2D eigenvalue weighted by Gasteiger charge is -2.28. The van der Waals surface area contributed by atoms with Crippen LogP contribution in [-0.2, 0) is 14.2 Å². The fraction of sp³-hybridized carbons (Fsp3) is 1.00. The molecule has 1 rings (SSSR count). The molecule has 0 aromatic heterocycles. The molecule has 1 aliphatic rings. The van der Waals surface area contributed by atoms with Crippen molar-refractivity contribution in [3.63, 3.8) is 0 Å². The maximum atomic E-state index is 5.41. The van der Waals surface area contributed by atoms with Gasteiger partial charge in [-0.05, 0) is 0 Å². The quantitative estimate of drug-likeness (QED) is 0.571. The Morgan fingerprint density at radius 2 is 2.18 bits per heavy atom. The normalized spacial score (nSPS) is 25.9. The molecular formula is C7H15NO3. The van der Waals surface area contributed by atoms with Crippen LogP contribution in [0.15, 0.2) is 0 Å². The number of hydrogen-bond donors (Lipinski definition) is 1. The van der Waals surface area contributed by atoms with E-state index >= 15 is 0 Å².